The van der Waals surface area contributed by atoms with Crippen molar-refractivity contribution in [3.05, 3.63) is 11.8 Å². The minimum atomic E-state index is -1.14. The summed E-state index contributed by atoms with van der Waals surface area (Å²) in [5, 5.41) is 12.1. The van der Waals surface area contributed by atoms with E-state index in [1.54, 1.807) is 20.8 Å². The topological polar surface area (TPSA) is 200 Å². The number of rotatable bonds is 12. The molecule has 4 rings (SSSR count). The summed E-state index contributed by atoms with van der Waals surface area (Å²) in [4.78, 5) is 82.2. The molecule has 0 aromatic carbocycles. The number of amides is 4. The van der Waals surface area contributed by atoms with Crippen LogP contribution < -0.4 is 25.4 Å². The van der Waals surface area contributed by atoms with E-state index in [-0.39, 0.29) is 43.8 Å². The van der Waals surface area contributed by atoms with E-state index in [2.05, 4.69) is 31.1 Å². The molecule has 1 spiro atoms. The molecule has 16 heteroatoms. The summed E-state index contributed by atoms with van der Waals surface area (Å²) in [7, 11) is 4.20. The van der Waals surface area contributed by atoms with E-state index >= 15 is 0 Å². The zero-order valence-electron chi connectivity index (χ0n) is 28.7. The van der Waals surface area contributed by atoms with E-state index in [1.165, 1.54) is 32.4 Å². The number of carbonyl (C=O) groups excluding carboxylic acids is 5. The highest BCUT2D eigenvalue weighted by Gasteiger charge is 2.56. The Morgan fingerprint density at radius 2 is 1.81 bits per heavy atom. The summed E-state index contributed by atoms with van der Waals surface area (Å²) in [6, 6.07) is -3.21. The van der Waals surface area contributed by atoms with Gasteiger partial charge in [-0.3, -0.25) is 19.2 Å². The molecule has 1 unspecified atom stereocenters. The van der Waals surface area contributed by atoms with Crippen LogP contribution in [0.15, 0.2) is 11.4 Å². The average Bonchev–Trinajstić information content (AvgIpc) is 3.82. The van der Waals surface area contributed by atoms with Gasteiger partial charge in [0.2, 0.25) is 23.5 Å². The minimum Gasteiger partial charge on any atom is -0.480 e. The fourth-order valence-corrected chi connectivity index (χ4v) is 6.31. The number of ketones is 1. The Hall–Kier alpha value is -4.50. The van der Waals surface area contributed by atoms with Crippen molar-refractivity contribution in [3.8, 4) is 11.9 Å². The number of carbonyl (C=O) groups is 5. The summed E-state index contributed by atoms with van der Waals surface area (Å²) in [6.07, 6.45) is 4.91. The summed E-state index contributed by atoms with van der Waals surface area (Å²) in [6.45, 7) is 7.16. The molecule has 2 aliphatic heterocycles. The van der Waals surface area contributed by atoms with Crippen LogP contribution in [0.4, 0.5) is 4.79 Å². The largest absolute Gasteiger partial charge is 0.480 e. The molecule has 3 heterocycles. The highest BCUT2D eigenvalue weighted by molar-refractivity contribution is 6.38. The lowest BCUT2D eigenvalue weighted by Crippen LogP contribution is -2.59. The van der Waals surface area contributed by atoms with Gasteiger partial charge in [-0.25, -0.2) is 9.78 Å². The van der Waals surface area contributed by atoms with Gasteiger partial charge in [0.25, 0.3) is 5.91 Å². The maximum atomic E-state index is 14.4. The number of hydrogen-bond donors (Lipinski definition) is 3. The third kappa shape index (κ3) is 8.13. The molecule has 48 heavy (non-hydrogen) atoms. The highest BCUT2D eigenvalue weighted by Crippen LogP contribution is 2.41. The van der Waals surface area contributed by atoms with E-state index in [0.717, 1.165) is 25.7 Å². The molecule has 16 nitrogen and oxygen atoms in total. The number of aromatic nitrogens is 2. The van der Waals surface area contributed by atoms with Gasteiger partial charge in [-0.05, 0) is 37.5 Å². The normalized spacial score (nSPS) is 21.9. The second-order valence-electron chi connectivity index (χ2n) is 13.5. The van der Waals surface area contributed by atoms with Gasteiger partial charge < -0.3 is 39.9 Å². The molecule has 0 bridgehead atoms. The van der Waals surface area contributed by atoms with Crippen LogP contribution in [-0.2, 0) is 28.8 Å². The Balaban J connectivity index is 1.64. The van der Waals surface area contributed by atoms with Crippen molar-refractivity contribution < 1.29 is 43.0 Å². The molecule has 4 atom stereocenters. The number of likely N-dealkylation sites (N-methyl/N-ethyl adjacent to an activating group) is 1. The second kappa shape index (κ2) is 15.2. The Labute approximate surface area is 280 Å². The molecule has 2 fully saturated rings. The van der Waals surface area contributed by atoms with Crippen molar-refractivity contribution in [3.63, 3.8) is 0 Å². The molecule has 264 valence electrons. The van der Waals surface area contributed by atoms with Crippen LogP contribution in [0.3, 0.4) is 0 Å². The number of hydrogen-bond acceptors (Lipinski definition) is 12. The van der Waals surface area contributed by atoms with Crippen LogP contribution >= 0.6 is 0 Å². The first kappa shape index (κ1) is 36.3. The van der Waals surface area contributed by atoms with Gasteiger partial charge in [-0.15, -0.1) is 0 Å². The lowest BCUT2D eigenvalue weighted by Gasteiger charge is -2.35. The standard InChI is InChI=1S/C32H47N7O9/c1-8-11-20(23(40)26(42)33-5)35-25(41)22-15-32(14-21(38-48-32)19-16-34-29(46-7)37-27(19)45-6)17-39(22)28(43)24(31(2,3)4)36-30(44)47-18-12-9-10-13-18/h16,18,20,22,24H,8-15,17H2,1-7H3,(H,33,42)(H,35,41)(H,36,44)/t20-,22-,24+,32?/m0/s1. The Bertz CT molecular complexity index is 1420. The summed E-state index contributed by atoms with van der Waals surface area (Å²) in [5.41, 5.74) is -1.04. The van der Waals surface area contributed by atoms with Crippen molar-refractivity contribution in [2.75, 3.05) is 27.8 Å². The number of nitrogens with zero attached hydrogens (tertiary/aromatic N) is 4. The van der Waals surface area contributed by atoms with Crippen molar-refractivity contribution in [2.45, 2.75) is 109 Å². The average molecular weight is 674 g/mol. The zero-order chi connectivity index (χ0) is 35.2. The van der Waals surface area contributed by atoms with Gasteiger partial charge in [0.05, 0.1) is 38.1 Å². The van der Waals surface area contributed by atoms with Gasteiger partial charge in [0.1, 0.15) is 18.2 Å². The molecule has 1 aromatic heterocycles. The Kier molecular flexibility index (Phi) is 11.5. The van der Waals surface area contributed by atoms with E-state index in [4.69, 9.17) is 19.0 Å². The lowest BCUT2D eigenvalue weighted by atomic mass is 9.85. The van der Waals surface area contributed by atoms with E-state index in [0.29, 0.717) is 17.7 Å². The molecular formula is C32H47N7O9. The first-order valence-corrected chi connectivity index (χ1v) is 16.3. The number of likely N-dealkylation sites (tertiary alicyclic amines) is 1. The molecule has 1 aromatic rings. The van der Waals surface area contributed by atoms with Gasteiger partial charge in [-0.1, -0.05) is 39.3 Å². The molecule has 4 amide bonds. The van der Waals surface area contributed by atoms with Crippen molar-refractivity contribution in [1.29, 1.82) is 0 Å². The third-order valence-corrected chi connectivity index (χ3v) is 8.86. The molecule has 1 saturated carbocycles. The van der Waals surface area contributed by atoms with Crippen LogP contribution in [0.2, 0.25) is 0 Å². The zero-order valence-corrected chi connectivity index (χ0v) is 28.7. The van der Waals surface area contributed by atoms with Gasteiger partial charge >= 0.3 is 12.1 Å². The quantitative estimate of drug-likeness (QED) is 0.273. The smallest absolute Gasteiger partial charge is 0.408 e. The monoisotopic (exact) mass is 673 g/mol. The van der Waals surface area contributed by atoms with Crippen LogP contribution in [-0.4, -0.2) is 108 Å². The number of oxime groups is 1. The SMILES string of the molecule is CCC[C@H](NC(=O)[C@@H]1CC2(CC(c3cnc(OC)nc3OC)=NO2)CN1C(=O)[C@@H](NC(=O)OC1CCCC1)C(C)(C)C)C(=O)C(=O)NC. The van der Waals surface area contributed by atoms with E-state index < -0.39 is 58.7 Å². The molecule has 3 N–H and O–H groups in total. The fourth-order valence-electron chi connectivity index (χ4n) is 6.31. The first-order valence-electron chi connectivity index (χ1n) is 16.3. The summed E-state index contributed by atoms with van der Waals surface area (Å²) < 4.78 is 16.1. The minimum absolute atomic E-state index is 0.00724. The first-order chi connectivity index (χ1) is 22.7. The van der Waals surface area contributed by atoms with Crippen molar-refractivity contribution in [2.24, 2.45) is 10.6 Å². The molecule has 1 aliphatic carbocycles. The summed E-state index contributed by atoms with van der Waals surface area (Å²) in [5.74, 6) is -2.60. The molecule has 3 aliphatic rings. The number of methoxy groups -OCH3 is 2. The Morgan fingerprint density at radius 3 is 2.42 bits per heavy atom. The maximum Gasteiger partial charge on any atom is 0.408 e. The third-order valence-electron chi connectivity index (χ3n) is 8.86. The summed E-state index contributed by atoms with van der Waals surface area (Å²) >= 11 is 0. The number of Topliss-reactive ketones (excluding diaryl/α,β-unsaturated/α-hetero) is 1. The highest BCUT2D eigenvalue weighted by atomic mass is 16.7. The van der Waals surface area contributed by atoms with E-state index in [1.807, 2.05) is 6.92 Å². The maximum absolute atomic E-state index is 14.4. The second-order valence-corrected chi connectivity index (χ2v) is 13.5. The van der Waals surface area contributed by atoms with E-state index in [9.17, 15) is 24.0 Å². The van der Waals surface area contributed by atoms with Gasteiger partial charge in [0, 0.05) is 26.1 Å². The number of alkyl carbamates (subject to hydrolysis) is 1. The van der Waals surface area contributed by atoms with Crippen LogP contribution in [0.1, 0.15) is 84.6 Å². The molecule has 0 radical (unpaired) electrons. The van der Waals surface area contributed by atoms with Gasteiger partial charge in [0.15, 0.2) is 5.60 Å². The van der Waals surface area contributed by atoms with Crippen LogP contribution in [0.25, 0.3) is 0 Å². The van der Waals surface area contributed by atoms with Crippen molar-refractivity contribution >= 4 is 35.3 Å². The predicted molar refractivity (Wildman–Crippen MR) is 171 cm³/mol. The number of ether oxygens (including phenoxy) is 3. The number of nitrogens with one attached hydrogen (secondary N) is 3. The Morgan fingerprint density at radius 1 is 1.10 bits per heavy atom. The lowest BCUT2D eigenvalue weighted by molar-refractivity contribution is -0.144. The van der Waals surface area contributed by atoms with Gasteiger partial charge in [-0.2, -0.15) is 4.98 Å². The van der Waals surface area contributed by atoms with Crippen LogP contribution in [0.5, 0.6) is 11.9 Å². The molecular weight excluding hydrogens is 626 g/mol. The van der Waals surface area contributed by atoms with Crippen LogP contribution in [0, 0.1) is 5.41 Å². The predicted octanol–water partition coefficient (Wildman–Crippen LogP) is 1.64. The molecule has 1 saturated heterocycles. The van der Waals surface area contributed by atoms with Crippen molar-refractivity contribution in [1.82, 2.24) is 30.8 Å². The fraction of sp³-hybridized carbons (Fsp3) is 0.688.